The molecule has 1 saturated carbocycles. The number of hydrogen-bond acceptors (Lipinski definition) is 3. The summed E-state index contributed by atoms with van der Waals surface area (Å²) in [7, 11) is 2.11. The molecule has 0 heterocycles. The van der Waals surface area contributed by atoms with Crippen LogP contribution in [0, 0.1) is 0 Å². The van der Waals surface area contributed by atoms with Crippen LogP contribution < -0.4 is 5.73 Å². The fourth-order valence-corrected chi connectivity index (χ4v) is 1.38. The Morgan fingerprint density at radius 1 is 1.46 bits per heavy atom. The Hall–Kier alpha value is -0.120. The van der Waals surface area contributed by atoms with E-state index < -0.39 is 0 Å². The van der Waals surface area contributed by atoms with Crippen molar-refractivity contribution in [2.45, 2.75) is 38.3 Å². The molecular weight excluding hydrogens is 164 g/mol. The fraction of sp³-hybridized carbons (Fsp3) is 1.00. The van der Waals surface area contributed by atoms with Crippen molar-refractivity contribution in [2.24, 2.45) is 5.73 Å². The van der Waals surface area contributed by atoms with E-state index in [1.165, 1.54) is 12.8 Å². The molecule has 0 aromatic rings. The molecule has 1 fully saturated rings. The molecule has 0 unspecified atom stereocenters. The monoisotopic (exact) mass is 186 g/mol. The van der Waals surface area contributed by atoms with Crippen LogP contribution in [0.3, 0.4) is 0 Å². The molecule has 0 aromatic heterocycles. The first-order valence-electron chi connectivity index (χ1n) is 5.11. The van der Waals surface area contributed by atoms with Gasteiger partial charge in [-0.05, 0) is 33.7 Å². The predicted molar refractivity (Wildman–Crippen MR) is 54.7 cm³/mol. The highest BCUT2D eigenvalue weighted by Crippen LogP contribution is 2.32. The molecule has 0 saturated heterocycles. The first-order chi connectivity index (χ1) is 6.02. The zero-order chi connectivity index (χ0) is 9.90. The maximum absolute atomic E-state index is 6.00. The predicted octanol–water partition coefficient (Wildman–Crippen LogP) is 0.834. The molecule has 78 valence electrons. The third kappa shape index (κ3) is 4.60. The summed E-state index contributed by atoms with van der Waals surface area (Å²) in [5.41, 5.74) is 6.13. The molecule has 0 bridgehead atoms. The molecule has 1 aliphatic carbocycles. The molecule has 0 radical (unpaired) electrons. The summed E-state index contributed by atoms with van der Waals surface area (Å²) in [4.78, 5) is 2.26. The third-order valence-corrected chi connectivity index (χ3v) is 2.40. The average molecular weight is 186 g/mol. The van der Waals surface area contributed by atoms with Gasteiger partial charge in [-0.15, -0.1) is 0 Å². The van der Waals surface area contributed by atoms with E-state index in [2.05, 4.69) is 25.8 Å². The van der Waals surface area contributed by atoms with Gasteiger partial charge in [-0.25, -0.2) is 0 Å². The maximum Gasteiger partial charge on any atom is 0.0596 e. The number of ether oxygens (including phenoxy) is 1. The summed E-state index contributed by atoms with van der Waals surface area (Å²) in [6, 6.07) is 0. The molecule has 1 rings (SSSR count). The largest absolute Gasteiger partial charge is 0.377 e. The topological polar surface area (TPSA) is 38.5 Å². The Morgan fingerprint density at radius 3 is 2.54 bits per heavy atom. The van der Waals surface area contributed by atoms with Crippen molar-refractivity contribution in [3.8, 4) is 0 Å². The van der Waals surface area contributed by atoms with E-state index in [0.717, 1.165) is 19.7 Å². The van der Waals surface area contributed by atoms with Gasteiger partial charge in [0.25, 0.3) is 0 Å². The Kier molecular flexibility index (Phi) is 3.71. The van der Waals surface area contributed by atoms with Gasteiger partial charge in [0.15, 0.2) is 0 Å². The average Bonchev–Trinajstić information content (AvgIpc) is 2.66. The molecule has 13 heavy (non-hydrogen) atoms. The molecule has 1 aliphatic rings. The van der Waals surface area contributed by atoms with Crippen LogP contribution in [0.4, 0.5) is 0 Å². The summed E-state index contributed by atoms with van der Waals surface area (Å²) >= 11 is 0. The van der Waals surface area contributed by atoms with Gasteiger partial charge in [0.1, 0.15) is 0 Å². The molecule has 0 aliphatic heterocycles. The lowest BCUT2D eigenvalue weighted by molar-refractivity contribution is 0.0625. The van der Waals surface area contributed by atoms with E-state index in [4.69, 9.17) is 10.5 Å². The van der Waals surface area contributed by atoms with Gasteiger partial charge in [-0.3, -0.25) is 0 Å². The number of nitrogens with zero attached hydrogens (tertiary/aromatic N) is 1. The van der Waals surface area contributed by atoms with Gasteiger partial charge in [0, 0.05) is 18.6 Å². The van der Waals surface area contributed by atoms with E-state index in [-0.39, 0.29) is 5.54 Å². The van der Waals surface area contributed by atoms with E-state index in [1.54, 1.807) is 0 Å². The molecule has 0 atom stereocenters. The molecule has 3 heteroatoms. The van der Waals surface area contributed by atoms with Crippen LogP contribution in [0.5, 0.6) is 0 Å². The first kappa shape index (κ1) is 11.0. The van der Waals surface area contributed by atoms with Crippen LogP contribution in [0.1, 0.15) is 26.7 Å². The van der Waals surface area contributed by atoms with Crippen molar-refractivity contribution in [1.82, 2.24) is 4.90 Å². The zero-order valence-electron chi connectivity index (χ0n) is 9.05. The van der Waals surface area contributed by atoms with Crippen LogP contribution >= 0.6 is 0 Å². The molecule has 0 aromatic carbocycles. The number of nitrogens with two attached hydrogens (primary N) is 1. The second kappa shape index (κ2) is 4.40. The van der Waals surface area contributed by atoms with Crippen molar-refractivity contribution in [1.29, 1.82) is 0 Å². The van der Waals surface area contributed by atoms with Crippen molar-refractivity contribution in [3.05, 3.63) is 0 Å². The summed E-state index contributed by atoms with van der Waals surface area (Å²) in [6.07, 6.45) is 2.70. The van der Waals surface area contributed by atoms with E-state index in [0.29, 0.717) is 6.10 Å². The SMILES string of the molecule is CC(C)OCCN(C)CC1(N)CC1. The quantitative estimate of drug-likeness (QED) is 0.668. The minimum atomic E-state index is 0.132. The van der Waals surface area contributed by atoms with E-state index >= 15 is 0 Å². The maximum atomic E-state index is 6.00. The number of rotatable bonds is 6. The minimum absolute atomic E-state index is 0.132. The lowest BCUT2D eigenvalue weighted by Gasteiger charge is -2.21. The number of hydrogen-bond donors (Lipinski definition) is 1. The summed E-state index contributed by atoms with van der Waals surface area (Å²) in [6.45, 7) is 6.92. The van der Waals surface area contributed by atoms with Gasteiger partial charge < -0.3 is 15.4 Å². The highest BCUT2D eigenvalue weighted by Gasteiger charge is 2.38. The van der Waals surface area contributed by atoms with Crippen LogP contribution in [-0.2, 0) is 4.74 Å². The highest BCUT2D eigenvalue weighted by molar-refractivity contribution is 5.00. The molecule has 2 N–H and O–H groups in total. The fourth-order valence-electron chi connectivity index (χ4n) is 1.38. The van der Waals surface area contributed by atoms with Gasteiger partial charge in [-0.1, -0.05) is 0 Å². The Bertz CT molecular complexity index is 155. The lowest BCUT2D eigenvalue weighted by atomic mass is 10.3. The van der Waals surface area contributed by atoms with E-state index in [9.17, 15) is 0 Å². The zero-order valence-corrected chi connectivity index (χ0v) is 9.05. The molecule has 0 spiro atoms. The lowest BCUT2D eigenvalue weighted by Crippen LogP contribution is -2.38. The minimum Gasteiger partial charge on any atom is -0.377 e. The summed E-state index contributed by atoms with van der Waals surface area (Å²) in [5.74, 6) is 0. The summed E-state index contributed by atoms with van der Waals surface area (Å²) in [5, 5.41) is 0. The van der Waals surface area contributed by atoms with Gasteiger partial charge in [0.2, 0.25) is 0 Å². The Morgan fingerprint density at radius 2 is 2.08 bits per heavy atom. The highest BCUT2D eigenvalue weighted by atomic mass is 16.5. The Labute approximate surface area is 81.2 Å². The summed E-state index contributed by atoms with van der Waals surface area (Å²) < 4.78 is 5.46. The normalized spacial score (nSPS) is 19.8. The van der Waals surface area contributed by atoms with Crippen LogP contribution in [0.15, 0.2) is 0 Å². The molecule has 0 amide bonds. The second-order valence-electron chi connectivity index (χ2n) is 4.52. The smallest absolute Gasteiger partial charge is 0.0596 e. The van der Waals surface area contributed by atoms with E-state index in [1.807, 2.05) is 0 Å². The molecule has 3 nitrogen and oxygen atoms in total. The molecular formula is C10H22N2O. The van der Waals surface area contributed by atoms with Crippen molar-refractivity contribution >= 4 is 0 Å². The van der Waals surface area contributed by atoms with Crippen LogP contribution in [0.2, 0.25) is 0 Å². The van der Waals surface area contributed by atoms with Gasteiger partial charge in [0.05, 0.1) is 12.7 Å². The van der Waals surface area contributed by atoms with Crippen molar-refractivity contribution < 1.29 is 4.74 Å². The Balaban J connectivity index is 2.01. The van der Waals surface area contributed by atoms with Crippen LogP contribution in [0.25, 0.3) is 0 Å². The van der Waals surface area contributed by atoms with Crippen LogP contribution in [-0.4, -0.2) is 43.3 Å². The van der Waals surface area contributed by atoms with Gasteiger partial charge in [-0.2, -0.15) is 0 Å². The van der Waals surface area contributed by atoms with Crippen molar-refractivity contribution in [2.75, 3.05) is 26.7 Å². The first-order valence-corrected chi connectivity index (χ1v) is 5.11. The van der Waals surface area contributed by atoms with Gasteiger partial charge >= 0.3 is 0 Å². The van der Waals surface area contributed by atoms with Crippen molar-refractivity contribution in [3.63, 3.8) is 0 Å². The second-order valence-corrected chi connectivity index (χ2v) is 4.52. The third-order valence-electron chi connectivity index (χ3n) is 2.40. The number of likely N-dealkylation sites (N-methyl/N-ethyl adjacent to an activating group) is 1. The standard InChI is InChI=1S/C10H22N2O/c1-9(2)13-7-6-12(3)8-10(11)4-5-10/h9H,4-8,11H2,1-3H3.